The summed E-state index contributed by atoms with van der Waals surface area (Å²) in [5.41, 5.74) is 1.77. The summed E-state index contributed by atoms with van der Waals surface area (Å²) in [4.78, 5) is 29.3. The number of hydrogen-bond acceptors (Lipinski definition) is 6. The first-order chi connectivity index (χ1) is 14.3. The molecule has 0 saturated heterocycles. The maximum atomic E-state index is 12.6. The summed E-state index contributed by atoms with van der Waals surface area (Å²) in [7, 11) is 0. The van der Waals surface area contributed by atoms with E-state index in [-0.39, 0.29) is 33.8 Å². The van der Waals surface area contributed by atoms with Crippen molar-refractivity contribution in [3.63, 3.8) is 0 Å². The number of aliphatic hydroxyl groups is 1. The number of esters is 1. The molecule has 8 heteroatoms. The van der Waals surface area contributed by atoms with Crippen LogP contribution in [-0.2, 0) is 9.53 Å². The first-order valence-corrected chi connectivity index (χ1v) is 10.2. The molecular weight excluding hydrogens is 426 g/mol. The zero-order valence-corrected chi connectivity index (χ0v) is 17.8. The molecule has 0 aromatic heterocycles. The zero-order chi connectivity index (χ0) is 21.8. The Hall–Kier alpha value is -3.03. The maximum absolute atomic E-state index is 12.6. The van der Waals surface area contributed by atoms with Crippen molar-refractivity contribution in [1.29, 1.82) is 0 Å². The number of aryl methyl sites for hydroxylation is 1. The second-order valence-corrected chi connectivity index (χ2v) is 7.79. The van der Waals surface area contributed by atoms with Gasteiger partial charge in [0.05, 0.1) is 16.5 Å². The van der Waals surface area contributed by atoms with E-state index in [2.05, 4.69) is 4.99 Å². The summed E-state index contributed by atoms with van der Waals surface area (Å²) in [5, 5.41) is 20.4. The van der Waals surface area contributed by atoms with E-state index in [1.54, 1.807) is 43.3 Å². The predicted octanol–water partition coefficient (Wildman–Crippen LogP) is 5.06. The van der Waals surface area contributed by atoms with Crippen molar-refractivity contribution in [2.24, 2.45) is 4.99 Å². The van der Waals surface area contributed by atoms with E-state index in [1.807, 2.05) is 6.92 Å². The van der Waals surface area contributed by atoms with Crippen LogP contribution in [0.15, 0.2) is 63.7 Å². The normalized spacial score (nSPS) is 16.4. The van der Waals surface area contributed by atoms with E-state index in [0.717, 1.165) is 17.3 Å². The van der Waals surface area contributed by atoms with E-state index in [0.29, 0.717) is 16.0 Å². The third-order valence-electron chi connectivity index (χ3n) is 4.14. The van der Waals surface area contributed by atoms with Gasteiger partial charge in [-0.25, -0.2) is 9.79 Å². The molecule has 0 unspecified atom stereocenters. The number of aliphatic imine (C=N–C) groups is 1. The van der Waals surface area contributed by atoms with Crippen molar-refractivity contribution in [3.05, 3.63) is 80.4 Å². The Morgan fingerprint density at radius 3 is 2.50 bits per heavy atom. The molecule has 1 aliphatic rings. The van der Waals surface area contributed by atoms with Crippen LogP contribution in [0.1, 0.15) is 28.4 Å². The monoisotopic (exact) mass is 443 g/mol. The van der Waals surface area contributed by atoms with Gasteiger partial charge in [0, 0.05) is 5.56 Å². The topological polar surface area (TPSA) is 96.2 Å². The lowest BCUT2D eigenvalue weighted by molar-refractivity contribution is -0.138. The second-order valence-electron chi connectivity index (χ2n) is 6.35. The standard InChI is InChI=1S/C22H18ClNO5S/c1-3-29-22(28)18-19(26)17(11-13-6-9-16(25)15(23)10-13)30-21(18)24-20(27)14-7-4-12(2)5-8-14/h4-11,25-26H,3H2,1-2H3/b17-11-,24-21?. The molecule has 0 aliphatic carbocycles. The third-order valence-corrected chi connectivity index (χ3v) is 5.46. The second kappa shape index (κ2) is 9.19. The number of nitrogens with zero attached hydrogens (tertiary/aromatic N) is 1. The molecular formula is C22H18ClNO5S. The van der Waals surface area contributed by atoms with Gasteiger partial charge in [-0.3, -0.25) is 4.79 Å². The van der Waals surface area contributed by atoms with E-state index >= 15 is 0 Å². The number of rotatable bonds is 4. The Bertz CT molecular complexity index is 1100. The Kier molecular flexibility index (Phi) is 6.64. The van der Waals surface area contributed by atoms with Crippen LogP contribution in [0.3, 0.4) is 0 Å². The van der Waals surface area contributed by atoms with Crippen LogP contribution in [0.2, 0.25) is 5.02 Å². The Morgan fingerprint density at radius 1 is 1.17 bits per heavy atom. The number of amides is 1. The van der Waals surface area contributed by atoms with Gasteiger partial charge in [0.25, 0.3) is 5.91 Å². The van der Waals surface area contributed by atoms with Crippen molar-refractivity contribution >= 4 is 46.4 Å². The number of carbonyl (C=O) groups excluding carboxylic acids is 2. The van der Waals surface area contributed by atoms with Crippen LogP contribution < -0.4 is 0 Å². The molecule has 2 N–H and O–H groups in total. The number of thioether (sulfide) groups is 1. The lowest BCUT2D eigenvalue weighted by atomic mass is 10.1. The number of phenols is 1. The number of aliphatic hydroxyl groups excluding tert-OH is 1. The van der Waals surface area contributed by atoms with Crippen molar-refractivity contribution in [2.75, 3.05) is 6.61 Å². The van der Waals surface area contributed by atoms with Gasteiger partial charge in [-0.15, -0.1) is 0 Å². The average molecular weight is 444 g/mol. The number of ether oxygens (including phenoxy) is 1. The van der Waals surface area contributed by atoms with Crippen molar-refractivity contribution in [2.45, 2.75) is 13.8 Å². The lowest BCUT2D eigenvalue weighted by Gasteiger charge is -2.03. The number of aromatic hydroxyl groups is 1. The number of halogens is 1. The van der Waals surface area contributed by atoms with Gasteiger partial charge in [-0.2, -0.15) is 0 Å². The summed E-state index contributed by atoms with van der Waals surface area (Å²) in [5.74, 6) is -1.72. The van der Waals surface area contributed by atoms with Gasteiger partial charge in [0.2, 0.25) is 0 Å². The molecule has 0 atom stereocenters. The minimum Gasteiger partial charge on any atom is -0.506 e. The summed E-state index contributed by atoms with van der Waals surface area (Å²) in [6.07, 6.45) is 1.57. The first kappa shape index (κ1) is 21.7. The van der Waals surface area contributed by atoms with Crippen molar-refractivity contribution in [3.8, 4) is 5.75 Å². The highest BCUT2D eigenvalue weighted by Gasteiger charge is 2.34. The maximum Gasteiger partial charge on any atom is 0.344 e. The zero-order valence-electron chi connectivity index (χ0n) is 16.2. The highest BCUT2D eigenvalue weighted by Crippen LogP contribution is 2.39. The summed E-state index contributed by atoms with van der Waals surface area (Å²) in [6.45, 7) is 3.65. The lowest BCUT2D eigenvalue weighted by Crippen LogP contribution is -2.14. The van der Waals surface area contributed by atoms with Gasteiger partial charge in [-0.1, -0.05) is 47.1 Å². The fourth-order valence-electron chi connectivity index (χ4n) is 2.61. The van der Waals surface area contributed by atoms with Crippen LogP contribution in [-0.4, -0.2) is 33.7 Å². The number of phenolic OH excluding ortho intramolecular Hbond substituents is 1. The molecule has 0 bridgehead atoms. The average Bonchev–Trinajstić information content (AvgIpc) is 3.00. The predicted molar refractivity (Wildman–Crippen MR) is 118 cm³/mol. The molecule has 0 fully saturated rings. The minimum atomic E-state index is -0.773. The van der Waals surface area contributed by atoms with Crippen LogP contribution in [0.5, 0.6) is 5.75 Å². The Morgan fingerprint density at radius 2 is 1.87 bits per heavy atom. The van der Waals surface area contributed by atoms with Crippen LogP contribution in [0, 0.1) is 6.92 Å². The molecule has 6 nitrogen and oxygen atoms in total. The summed E-state index contributed by atoms with van der Waals surface area (Å²) in [6, 6.07) is 11.4. The first-order valence-electron chi connectivity index (χ1n) is 8.99. The molecule has 2 aromatic rings. The highest BCUT2D eigenvalue weighted by molar-refractivity contribution is 8.18. The molecule has 1 amide bonds. The van der Waals surface area contributed by atoms with Gasteiger partial charge in [0.15, 0.2) is 0 Å². The van der Waals surface area contributed by atoms with E-state index in [9.17, 15) is 19.8 Å². The fraction of sp³-hybridized carbons (Fsp3) is 0.136. The largest absolute Gasteiger partial charge is 0.506 e. The fourth-order valence-corrected chi connectivity index (χ4v) is 3.81. The third kappa shape index (κ3) is 4.75. The molecule has 30 heavy (non-hydrogen) atoms. The van der Waals surface area contributed by atoms with E-state index in [1.165, 1.54) is 12.1 Å². The smallest absolute Gasteiger partial charge is 0.344 e. The molecule has 1 aliphatic heterocycles. The van der Waals surface area contributed by atoms with E-state index in [4.69, 9.17) is 16.3 Å². The van der Waals surface area contributed by atoms with Crippen LogP contribution >= 0.6 is 23.4 Å². The molecule has 0 saturated carbocycles. The Labute approximate surface area is 182 Å². The molecule has 2 aromatic carbocycles. The minimum absolute atomic E-state index is 0.0488. The highest BCUT2D eigenvalue weighted by atomic mass is 35.5. The van der Waals surface area contributed by atoms with E-state index < -0.39 is 11.9 Å². The van der Waals surface area contributed by atoms with Crippen LogP contribution in [0.25, 0.3) is 6.08 Å². The molecule has 154 valence electrons. The van der Waals surface area contributed by atoms with Crippen LogP contribution in [0.4, 0.5) is 0 Å². The van der Waals surface area contributed by atoms with Gasteiger partial charge < -0.3 is 14.9 Å². The molecule has 3 rings (SSSR count). The number of benzene rings is 2. The van der Waals surface area contributed by atoms with Crippen molar-refractivity contribution in [1.82, 2.24) is 0 Å². The summed E-state index contributed by atoms with van der Waals surface area (Å²) >= 11 is 6.90. The Balaban J connectivity index is 2.01. The summed E-state index contributed by atoms with van der Waals surface area (Å²) < 4.78 is 5.02. The molecule has 0 spiro atoms. The number of carbonyl (C=O) groups is 2. The molecule has 0 radical (unpaired) electrons. The molecule has 1 heterocycles. The van der Waals surface area contributed by atoms with Gasteiger partial charge in [-0.05, 0) is 49.8 Å². The van der Waals surface area contributed by atoms with Gasteiger partial charge in [0.1, 0.15) is 22.1 Å². The van der Waals surface area contributed by atoms with Crippen molar-refractivity contribution < 1.29 is 24.5 Å². The van der Waals surface area contributed by atoms with Gasteiger partial charge >= 0.3 is 5.97 Å². The number of hydrogen-bond donors (Lipinski definition) is 2. The quantitative estimate of drug-likeness (QED) is 0.641. The SMILES string of the molecule is CCOC(=O)C1=C(O)/C(=C/c2ccc(O)c(Cl)c2)SC1=NC(=O)c1ccc(C)cc1.